The van der Waals surface area contributed by atoms with Gasteiger partial charge in [0.1, 0.15) is 5.75 Å². The molecule has 0 amide bonds. The SMILES string of the molecule is O=c1cc(Oc2ccc(CO)cc2)nc[nH]1. The van der Waals surface area contributed by atoms with Crippen molar-refractivity contribution in [2.75, 3.05) is 0 Å². The maximum atomic E-state index is 11.0. The van der Waals surface area contributed by atoms with Crippen LogP contribution in [0.3, 0.4) is 0 Å². The van der Waals surface area contributed by atoms with Gasteiger partial charge in [0.15, 0.2) is 0 Å². The number of aliphatic hydroxyl groups excluding tert-OH is 1. The number of nitrogens with zero attached hydrogens (tertiary/aromatic N) is 1. The van der Waals surface area contributed by atoms with Crippen LogP contribution in [-0.4, -0.2) is 15.1 Å². The molecule has 0 radical (unpaired) electrons. The van der Waals surface area contributed by atoms with Crippen LogP contribution in [0.15, 0.2) is 41.5 Å². The summed E-state index contributed by atoms with van der Waals surface area (Å²) in [5, 5.41) is 8.86. The van der Waals surface area contributed by atoms with E-state index >= 15 is 0 Å². The topological polar surface area (TPSA) is 75.2 Å². The average Bonchev–Trinajstić information content (AvgIpc) is 2.30. The molecule has 2 N–H and O–H groups in total. The van der Waals surface area contributed by atoms with Gasteiger partial charge in [-0.15, -0.1) is 0 Å². The molecule has 0 saturated carbocycles. The molecule has 16 heavy (non-hydrogen) atoms. The average molecular weight is 218 g/mol. The molecule has 0 spiro atoms. The normalized spacial score (nSPS) is 10.1. The van der Waals surface area contributed by atoms with Crippen LogP contribution in [0.5, 0.6) is 11.6 Å². The fourth-order valence-corrected chi connectivity index (χ4v) is 1.19. The third-order valence-corrected chi connectivity index (χ3v) is 1.98. The zero-order valence-corrected chi connectivity index (χ0v) is 8.38. The summed E-state index contributed by atoms with van der Waals surface area (Å²) in [6, 6.07) is 8.15. The Morgan fingerprint density at radius 1 is 1.31 bits per heavy atom. The van der Waals surface area contributed by atoms with E-state index < -0.39 is 0 Å². The van der Waals surface area contributed by atoms with Crippen LogP contribution in [-0.2, 0) is 6.61 Å². The highest BCUT2D eigenvalue weighted by Gasteiger charge is 1.99. The number of hydrogen-bond acceptors (Lipinski definition) is 4. The minimum atomic E-state index is -0.267. The largest absolute Gasteiger partial charge is 0.439 e. The van der Waals surface area contributed by atoms with Gasteiger partial charge in [0.05, 0.1) is 19.0 Å². The van der Waals surface area contributed by atoms with Crippen molar-refractivity contribution < 1.29 is 9.84 Å². The van der Waals surface area contributed by atoms with E-state index in [1.807, 2.05) is 0 Å². The Labute approximate surface area is 91.4 Å². The van der Waals surface area contributed by atoms with E-state index in [0.717, 1.165) is 5.56 Å². The lowest BCUT2D eigenvalue weighted by Crippen LogP contribution is -2.04. The maximum Gasteiger partial charge on any atom is 0.254 e. The first-order valence-corrected chi connectivity index (χ1v) is 4.70. The van der Waals surface area contributed by atoms with Crippen molar-refractivity contribution in [1.82, 2.24) is 9.97 Å². The standard InChI is InChI=1S/C11H10N2O3/c14-6-8-1-3-9(4-2-8)16-11-5-10(15)12-7-13-11/h1-5,7,14H,6H2,(H,12,13,15). The molecular formula is C11H10N2O3. The lowest BCUT2D eigenvalue weighted by molar-refractivity contribution is 0.281. The summed E-state index contributed by atoms with van der Waals surface area (Å²) in [6.07, 6.45) is 1.28. The van der Waals surface area contributed by atoms with E-state index in [9.17, 15) is 4.79 Å². The summed E-state index contributed by atoms with van der Waals surface area (Å²) in [6.45, 7) is -0.0104. The Morgan fingerprint density at radius 2 is 2.06 bits per heavy atom. The quantitative estimate of drug-likeness (QED) is 0.807. The lowest BCUT2D eigenvalue weighted by Gasteiger charge is -2.04. The van der Waals surface area contributed by atoms with Crippen LogP contribution >= 0.6 is 0 Å². The molecule has 0 atom stereocenters. The Hall–Kier alpha value is -2.14. The van der Waals surface area contributed by atoms with Crippen molar-refractivity contribution in [3.05, 3.63) is 52.6 Å². The van der Waals surface area contributed by atoms with Crippen molar-refractivity contribution >= 4 is 0 Å². The Balaban J connectivity index is 2.17. The molecule has 5 nitrogen and oxygen atoms in total. The molecule has 2 rings (SSSR count). The third kappa shape index (κ3) is 2.46. The summed E-state index contributed by atoms with van der Waals surface area (Å²) >= 11 is 0. The minimum Gasteiger partial charge on any atom is -0.439 e. The van der Waals surface area contributed by atoms with Gasteiger partial charge in [0, 0.05) is 0 Å². The second kappa shape index (κ2) is 4.59. The molecule has 0 aliphatic rings. The molecule has 2 aromatic rings. The lowest BCUT2D eigenvalue weighted by atomic mass is 10.2. The van der Waals surface area contributed by atoms with E-state index in [2.05, 4.69) is 9.97 Å². The second-order valence-corrected chi connectivity index (χ2v) is 3.15. The highest BCUT2D eigenvalue weighted by molar-refractivity contribution is 5.29. The molecule has 1 heterocycles. The van der Waals surface area contributed by atoms with Gasteiger partial charge in [-0.1, -0.05) is 12.1 Å². The molecule has 82 valence electrons. The highest BCUT2D eigenvalue weighted by atomic mass is 16.5. The summed E-state index contributed by atoms with van der Waals surface area (Å²) in [5.41, 5.74) is 0.531. The van der Waals surface area contributed by atoms with Gasteiger partial charge >= 0.3 is 0 Å². The summed E-state index contributed by atoms with van der Waals surface area (Å²) < 4.78 is 5.35. The van der Waals surface area contributed by atoms with Crippen LogP contribution in [0, 0.1) is 0 Å². The molecule has 0 bridgehead atoms. The number of H-pyrrole nitrogens is 1. The van der Waals surface area contributed by atoms with Crippen LogP contribution in [0.1, 0.15) is 5.56 Å². The summed E-state index contributed by atoms with van der Waals surface area (Å²) in [7, 11) is 0. The predicted octanol–water partition coefficient (Wildman–Crippen LogP) is 1.05. The molecule has 0 saturated heterocycles. The number of aromatic nitrogens is 2. The molecule has 0 aliphatic carbocycles. The third-order valence-electron chi connectivity index (χ3n) is 1.98. The minimum absolute atomic E-state index is 0.0104. The van der Waals surface area contributed by atoms with Crippen molar-refractivity contribution in [3.63, 3.8) is 0 Å². The second-order valence-electron chi connectivity index (χ2n) is 3.15. The van der Waals surface area contributed by atoms with Crippen molar-refractivity contribution in [2.45, 2.75) is 6.61 Å². The predicted molar refractivity (Wildman–Crippen MR) is 57.3 cm³/mol. The molecule has 0 fully saturated rings. The van der Waals surface area contributed by atoms with Crippen molar-refractivity contribution in [3.8, 4) is 11.6 Å². The van der Waals surface area contributed by atoms with Crippen LogP contribution < -0.4 is 10.3 Å². The summed E-state index contributed by atoms with van der Waals surface area (Å²) in [5.74, 6) is 0.802. The number of ether oxygens (including phenoxy) is 1. The fraction of sp³-hybridized carbons (Fsp3) is 0.0909. The first-order valence-electron chi connectivity index (χ1n) is 4.70. The number of aliphatic hydroxyl groups is 1. The van der Waals surface area contributed by atoms with Gasteiger partial charge in [-0.3, -0.25) is 4.79 Å². The molecule has 0 aliphatic heterocycles. The monoisotopic (exact) mass is 218 g/mol. The van der Waals surface area contributed by atoms with E-state index in [-0.39, 0.29) is 18.0 Å². The molecule has 1 aromatic carbocycles. The number of nitrogens with one attached hydrogen (secondary N) is 1. The zero-order valence-electron chi connectivity index (χ0n) is 8.38. The van der Waals surface area contributed by atoms with Crippen LogP contribution in [0.2, 0.25) is 0 Å². The van der Waals surface area contributed by atoms with Gasteiger partial charge in [0.25, 0.3) is 5.56 Å². The van der Waals surface area contributed by atoms with E-state index in [0.29, 0.717) is 5.75 Å². The van der Waals surface area contributed by atoms with Gasteiger partial charge in [0.2, 0.25) is 5.88 Å². The van der Waals surface area contributed by atoms with E-state index in [1.165, 1.54) is 12.4 Å². The molecule has 5 heteroatoms. The van der Waals surface area contributed by atoms with Gasteiger partial charge < -0.3 is 14.8 Å². The first kappa shape index (κ1) is 10.4. The maximum absolute atomic E-state index is 11.0. The number of benzene rings is 1. The number of rotatable bonds is 3. The Morgan fingerprint density at radius 3 is 2.69 bits per heavy atom. The van der Waals surface area contributed by atoms with Crippen molar-refractivity contribution in [2.24, 2.45) is 0 Å². The van der Waals surface area contributed by atoms with E-state index in [1.54, 1.807) is 24.3 Å². The fourth-order valence-electron chi connectivity index (χ4n) is 1.19. The number of aromatic amines is 1. The van der Waals surface area contributed by atoms with Gasteiger partial charge in [-0.2, -0.15) is 0 Å². The van der Waals surface area contributed by atoms with Gasteiger partial charge in [-0.25, -0.2) is 4.98 Å². The van der Waals surface area contributed by atoms with E-state index in [4.69, 9.17) is 9.84 Å². The molecular weight excluding hydrogens is 208 g/mol. The first-order chi connectivity index (χ1) is 7.78. The summed E-state index contributed by atoms with van der Waals surface area (Å²) in [4.78, 5) is 17.2. The van der Waals surface area contributed by atoms with Crippen LogP contribution in [0.25, 0.3) is 0 Å². The number of hydrogen-bond donors (Lipinski definition) is 2. The van der Waals surface area contributed by atoms with Crippen LogP contribution in [0.4, 0.5) is 0 Å². The molecule has 1 aromatic heterocycles. The Bertz CT molecular complexity index is 519. The molecule has 0 unspecified atom stereocenters. The highest BCUT2D eigenvalue weighted by Crippen LogP contribution is 2.17. The Kier molecular flexibility index (Phi) is 2.98. The smallest absolute Gasteiger partial charge is 0.254 e. The van der Waals surface area contributed by atoms with Gasteiger partial charge in [-0.05, 0) is 17.7 Å². The zero-order chi connectivity index (χ0) is 11.4. The van der Waals surface area contributed by atoms with Crippen molar-refractivity contribution in [1.29, 1.82) is 0 Å².